The Hall–Kier alpha value is -1.82. The highest BCUT2D eigenvalue weighted by Crippen LogP contribution is 2.27. The molecule has 1 aromatic rings. The number of carboxylic acids is 1. The molecule has 2 rings (SSSR count). The van der Waals surface area contributed by atoms with Crippen molar-refractivity contribution in [2.45, 2.75) is 18.9 Å². The zero-order valence-electron chi connectivity index (χ0n) is 8.74. The highest BCUT2D eigenvalue weighted by Gasteiger charge is 2.26. The van der Waals surface area contributed by atoms with E-state index in [1.165, 1.54) is 0 Å². The van der Waals surface area contributed by atoms with Gasteiger partial charge in [0.2, 0.25) is 5.91 Å². The van der Waals surface area contributed by atoms with Crippen LogP contribution in [0.3, 0.4) is 0 Å². The van der Waals surface area contributed by atoms with Crippen molar-refractivity contribution in [3.05, 3.63) is 17.3 Å². The molecule has 0 spiro atoms. The van der Waals surface area contributed by atoms with Crippen molar-refractivity contribution >= 4 is 35.0 Å². The highest BCUT2D eigenvalue weighted by atomic mass is 35.5. The number of carbonyl (C=O) groups is 2. The van der Waals surface area contributed by atoms with E-state index >= 15 is 0 Å². The molecule has 1 unspecified atom stereocenters. The van der Waals surface area contributed by atoms with Gasteiger partial charge in [-0.05, 0) is 18.6 Å². The molecule has 2 heterocycles. The second-order valence-electron chi connectivity index (χ2n) is 3.65. The molecule has 1 aliphatic heterocycles. The molecule has 0 saturated carbocycles. The summed E-state index contributed by atoms with van der Waals surface area (Å²) in [6, 6.07) is 2.62. The summed E-state index contributed by atoms with van der Waals surface area (Å²) in [6.45, 7) is 0. The van der Waals surface area contributed by atoms with E-state index in [0.717, 1.165) is 0 Å². The van der Waals surface area contributed by atoms with Crippen molar-refractivity contribution in [1.82, 2.24) is 4.98 Å². The van der Waals surface area contributed by atoms with E-state index in [2.05, 4.69) is 15.6 Å². The number of aliphatic carboxylic acids is 1. The first-order chi connectivity index (χ1) is 8.06. The quantitative estimate of drug-likeness (QED) is 0.709. The number of carboxylic acid groups (broad SMARTS) is 1. The second kappa shape index (κ2) is 4.58. The van der Waals surface area contributed by atoms with Crippen LogP contribution in [-0.4, -0.2) is 28.0 Å². The Morgan fingerprint density at radius 1 is 1.53 bits per heavy atom. The van der Waals surface area contributed by atoms with E-state index in [9.17, 15) is 9.59 Å². The molecule has 17 heavy (non-hydrogen) atoms. The third kappa shape index (κ3) is 2.65. The molecule has 0 bridgehead atoms. The number of carbonyl (C=O) groups excluding carboxylic acids is 1. The second-order valence-corrected chi connectivity index (χ2v) is 4.04. The fourth-order valence-electron chi connectivity index (χ4n) is 1.57. The van der Waals surface area contributed by atoms with Crippen molar-refractivity contribution in [3.63, 3.8) is 0 Å². The molecule has 6 nitrogen and oxygen atoms in total. The summed E-state index contributed by atoms with van der Waals surface area (Å²) in [5.41, 5.74) is 0.547. The predicted molar refractivity (Wildman–Crippen MR) is 62.2 cm³/mol. The van der Waals surface area contributed by atoms with Gasteiger partial charge in [-0.25, -0.2) is 4.98 Å². The number of aromatic nitrogens is 1. The smallest absolute Gasteiger partial charge is 0.303 e. The van der Waals surface area contributed by atoms with E-state index in [1.54, 1.807) is 12.1 Å². The van der Waals surface area contributed by atoms with Crippen LogP contribution < -0.4 is 10.6 Å². The van der Waals surface area contributed by atoms with Gasteiger partial charge in [0.15, 0.2) is 5.82 Å². The van der Waals surface area contributed by atoms with Gasteiger partial charge >= 0.3 is 5.97 Å². The van der Waals surface area contributed by atoms with Crippen LogP contribution in [0.2, 0.25) is 5.15 Å². The minimum Gasteiger partial charge on any atom is -0.481 e. The fourth-order valence-corrected chi connectivity index (χ4v) is 1.72. The molecular weight excluding hydrogens is 246 g/mol. The number of nitrogens with zero attached hydrogens (tertiary/aromatic N) is 1. The summed E-state index contributed by atoms with van der Waals surface area (Å²) < 4.78 is 0. The average Bonchev–Trinajstić information content (AvgIpc) is 2.26. The average molecular weight is 256 g/mol. The van der Waals surface area contributed by atoms with Crippen molar-refractivity contribution < 1.29 is 14.7 Å². The first-order valence-electron chi connectivity index (χ1n) is 5.02. The van der Waals surface area contributed by atoms with E-state index in [-0.39, 0.29) is 18.7 Å². The van der Waals surface area contributed by atoms with E-state index in [0.29, 0.717) is 16.7 Å². The number of rotatable bonds is 3. The van der Waals surface area contributed by atoms with Crippen LogP contribution in [0.5, 0.6) is 0 Å². The number of nitrogens with one attached hydrogen (secondary N) is 2. The van der Waals surface area contributed by atoms with Crippen LogP contribution in [0.15, 0.2) is 12.1 Å². The molecule has 1 aliphatic rings. The molecule has 7 heteroatoms. The minimum absolute atomic E-state index is 0.0824. The molecule has 90 valence electrons. The van der Waals surface area contributed by atoms with Gasteiger partial charge < -0.3 is 15.7 Å². The number of pyridine rings is 1. The van der Waals surface area contributed by atoms with Crippen molar-refractivity contribution in [3.8, 4) is 0 Å². The van der Waals surface area contributed by atoms with Crippen LogP contribution in [0.1, 0.15) is 12.8 Å². The number of fused-ring (bicyclic) bond motifs is 1. The SMILES string of the molecule is O=C(O)CCC1Nc2nc(Cl)ccc2NC1=O. The summed E-state index contributed by atoms with van der Waals surface area (Å²) >= 11 is 5.73. The maximum absolute atomic E-state index is 11.6. The minimum atomic E-state index is -0.940. The molecule has 1 atom stereocenters. The number of halogens is 1. The maximum Gasteiger partial charge on any atom is 0.303 e. The number of anilines is 2. The van der Waals surface area contributed by atoms with Crippen LogP contribution in [0.25, 0.3) is 0 Å². The van der Waals surface area contributed by atoms with Crippen molar-refractivity contribution in [1.29, 1.82) is 0 Å². The van der Waals surface area contributed by atoms with Gasteiger partial charge in [0.25, 0.3) is 0 Å². The van der Waals surface area contributed by atoms with Crippen molar-refractivity contribution in [2.75, 3.05) is 10.6 Å². The molecule has 3 N–H and O–H groups in total. The monoisotopic (exact) mass is 255 g/mol. The summed E-state index contributed by atoms with van der Waals surface area (Å²) in [5, 5.41) is 14.4. The lowest BCUT2D eigenvalue weighted by Crippen LogP contribution is -2.39. The third-order valence-corrected chi connectivity index (χ3v) is 2.60. The largest absolute Gasteiger partial charge is 0.481 e. The van der Waals surface area contributed by atoms with Gasteiger partial charge in [-0.2, -0.15) is 0 Å². The number of hydrogen-bond acceptors (Lipinski definition) is 4. The topological polar surface area (TPSA) is 91.3 Å². The molecule has 0 saturated heterocycles. The molecule has 1 aromatic heterocycles. The fraction of sp³-hybridized carbons (Fsp3) is 0.300. The highest BCUT2D eigenvalue weighted by molar-refractivity contribution is 6.29. The summed E-state index contributed by atoms with van der Waals surface area (Å²) in [6.07, 6.45) is 0.121. The summed E-state index contributed by atoms with van der Waals surface area (Å²) in [4.78, 5) is 26.1. The lowest BCUT2D eigenvalue weighted by molar-refractivity contribution is -0.137. The van der Waals surface area contributed by atoms with Gasteiger partial charge in [-0.15, -0.1) is 0 Å². The van der Waals surface area contributed by atoms with Gasteiger partial charge in [0.1, 0.15) is 11.2 Å². The Morgan fingerprint density at radius 3 is 3.00 bits per heavy atom. The normalized spacial score (nSPS) is 17.9. The van der Waals surface area contributed by atoms with Gasteiger partial charge in [0, 0.05) is 6.42 Å². The van der Waals surface area contributed by atoms with E-state index < -0.39 is 12.0 Å². The lowest BCUT2D eigenvalue weighted by Gasteiger charge is -2.25. The van der Waals surface area contributed by atoms with E-state index in [4.69, 9.17) is 16.7 Å². The van der Waals surface area contributed by atoms with Crippen LogP contribution >= 0.6 is 11.6 Å². The van der Waals surface area contributed by atoms with E-state index in [1.807, 2.05) is 0 Å². The third-order valence-electron chi connectivity index (χ3n) is 2.39. The summed E-state index contributed by atoms with van der Waals surface area (Å²) in [7, 11) is 0. The predicted octanol–water partition coefficient (Wildman–Crippen LogP) is 1.33. The Labute approximate surface area is 102 Å². The first-order valence-corrected chi connectivity index (χ1v) is 5.40. The van der Waals surface area contributed by atoms with Gasteiger partial charge in [-0.1, -0.05) is 11.6 Å². The Kier molecular flexibility index (Phi) is 3.14. The molecule has 0 aromatic carbocycles. The Bertz CT molecular complexity index is 478. The molecular formula is C10H10ClN3O3. The standard InChI is InChI=1S/C10H10ClN3O3/c11-7-3-1-5-9(14-7)12-6(10(17)13-5)2-4-8(15)16/h1,3,6H,2,4H2,(H,12,14)(H,13,17)(H,15,16). The number of amides is 1. The molecule has 1 amide bonds. The Morgan fingerprint density at radius 2 is 2.29 bits per heavy atom. The lowest BCUT2D eigenvalue weighted by atomic mass is 10.1. The molecule has 0 fully saturated rings. The maximum atomic E-state index is 11.6. The number of hydrogen-bond donors (Lipinski definition) is 3. The zero-order valence-corrected chi connectivity index (χ0v) is 9.49. The van der Waals surface area contributed by atoms with Crippen molar-refractivity contribution in [2.24, 2.45) is 0 Å². The Balaban J connectivity index is 2.14. The van der Waals surface area contributed by atoms with Gasteiger partial charge in [0.05, 0.1) is 5.69 Å². The first kappa shape index (κ1) is 11.7. The van der Waals surface area contributed by atoms with Gasteiger partial charge in [-0.3, -0.25) is 9.59 Å². The zero-order chi connectivity index (χ0) is 12.4. The van der Waals surface area contributed by atoms with Crippen LogP contribution in [0.4, 0.5) is 11.5 Å². The van der Waals surface area contributed by atoms with Crippen LogP contribution in [-0.2, 0) is 9.59 Å². The molecule has 0 aliphatic carbocycles. The summed E-state index contributed by atoms with van der Waals surface area (Å²) in [5.74, 6) is -0.736. The van der Waals surface area contributed by atoms with Crippen LogP contribution in [0, 0.1) is 0 Å². The molecule has 0 radical (unpaired) electrons.